The molecular weight excluding hydrogens is 356 g/mol. The van der Waals surface area contributed by atoms with Gasteiger partial charge in [0.25, 0.3) is 5.95 Å². The van der Waals surface area contributed by atoms with Gasteiger partial charge in [-0.3, -0.25) is 0 Å². The third-order valence-corrected chi connectivity index (χ3v) is 4.61. The fraction of sp³-hybridized carbons (Fsp3) is 0.300. The summed E-state index contributed by atoms with van der Waals surface area (Å²) in [6, 6.07) is 11.5. The van der Waals surface area contributed by atoms with E-state index in [1.165, 1.54) is 4.68 Å². The second-order valence-electron chi connectivity index (χ2n) is 6.69. The maximum atomic E-state index is 12.4. The highest BCUT2D eigenvalue weighted by Gasteiger charge is 2.19. The molecule has 8 heteroatoms. The van der Waals surface area contributed by atoms with Crippen LogP contribution in [0.4, 0.5) is 10.5 Å². The smallest absolute Gasteiger partial charge is 0.319 e. The van der Waals surface area contributed by atoms with Crippen molar-refractivity contribution in [3.63, 3.8) is 0 Å². The Morgan fingerprint density at radius 3 is 2.75 bits per heavy atom. The minimum Gasteiger partial charge on any atom is -0.471 e. The van der Waals surface area contributed by atoms with Crippen molar-refractivity contribution in [1.82, 2.24) is 25.1 Å². The summed E-state index contributed by atoms with van der Waals surface area (Å²) in [4.78, 5) is 21.1. The highest BCUT2D eigenvalue weighted by Crippen LogP contribution is 2.23. The van der Waals surface area contributed by atoms with E-state index < -0.39 is 0 Å². The van der Waals surface area contributed by atoms with Gasteiger partial charge in [0.1, 0.15) is 12.3 Å². The molecular formula is C20H22N6O2. The van der Waals surface area contributed by atoms with Crippen LogP contribution in [0.1, 0.15) is 31.2 Å². The number of urea groups is 1. The summed E-state index contributed by atoms with van der Waals surface area (Å²) < 4.78 is 7.44. The van der Waals surface area contributed by atoms with Gasteiger partial charge in [0, 0.05) is 18.4 Å². The maximum Gasteiger partial charge on any atom is 0.319 e. The van der Waals surface area contributed by atoms with Gasteiger partial charge >= 0.3 is 6.03 Å². The van der Waals surface area contributed by atoms with Gasteiger partial charge in [-0.1, -0.05) is 43.2 Å². The van der Waals surface area contributed by atoms with Gasteiger partial charge in [-0.15, -0.1) is 0 Å². The summed E-state index contributed by atoms with van der Waals surface area (Å²) in [6.45, 7) is 0.329. The summed E-state index contributed by atoms with van der Waals surface area (Å²) in [5.74, 6) is 0.667. The second-order valence-corrected chi connectivity index (χ2v) is 6.69. The monoisotopic (exact) mass is 378 g/mol. The highest BCUT2D eigenvalue weighted by molar-refractivity contribution is 5.90. The van der Waals surface area contributed by atoms with E-state index in [2.05, 4.69) is 25.7 Å². The molecule has 1 aliphatic carbocycles. The zero-order valence-corrected chi connectivity index (χ0v) is 15.4. The van der Waals surface area contributed by atoms with Crippen LogP contribution in [-0.2, 0) is 6.61 Å². The highest BCUT2D eigenvalue weighted by atomic mass is 16.5. The molecule has 0 unspecified atom stereocenters. The zero-order chi connectivity index (χ0) is 19.2. The van der Waals surface area contributed by atoms with Gasteiger partial charge in [-0.25, -0.2) is 14.5 Å². The maximum absolute atomic E-state index is 12.4. The Bertz CT molecular complexity index is 908. The Morgan fingerprint density at radius 1 is 1.18 bits per heavy atom. The summed E-state index contributed by atoms with van der Waals surface area (Å²) in [5.41, 5.74) is 1.42. The number of hydrogen-bond acceptors (Lipinski definition) is 5. The number of carbonyl (C=O) groups is 1. The molecule has 1 fully saturated rings. The van der Waals surface area contributed by atoms with Gasteiger partial charge in [0.2, 0.25) is 5.88 Å². The summed E-state index contributed by atoms with van der Waals surface area (Å²) in [7, 11) is 0. The number of nitrogens with zero attached hydrogens (tertiary/aromatic N) is 4. The number of carbonyl (C=O) groups excluding carboxylic acids is 1. The number of amides is 2. The molecule has 3 aromatic rings. The molecule has 2 N–H and O–H groups in total. The van der Waals surface area contributed by atoms with Crippen molar-refractivity contribution in [3.05, 3.63) is 60.6 Å². The topological polar surface area (TPSA) is 94.0 Å². The van der Waals surface area contributed by atoms with E-state index in [-0.39, 0.29) is 12.1 Å². The van der Waals surface area contributed by atoms with Crippen LogP contribution in [0, 0.1) is 0 Å². The lowest BCUT2D eigenvalue weighted by molar-refractivity contribution is 0.248. The van der Waals surface area contributed by atoms with Crippen LogP contribution in [0.3, 0.4) is 0 Å². The third kappa shape index (κ3) is 4.46. The summed E-state index contributed by atoms with van der Waals surface area (Å²) in [5, 5.41) is 9.95. The molecule has 0 bridgehead atoms. The van der Waals surface area contributed by atoms with Crippen molar-refractivity contribution >= 4 is 11.7 Å². The van der Waals surface area contributed by atoms with E-state index in [1.54, 1.807) is 24.7 Å². The van der Waals surface area contributed by atoms with E-state index in [4.69, 9.17) is 4.74 Å². The standard InChI is InChI=1S/C20H22N6O2/c27-20(23-16-9-4-5-10-16)24-17-13-21-19(26-12-6-11-22-26)25-18(17)28-14-15-7-2-1-3-8-15/h1-3,6-8,11-13,16H,4-5,9-10,14H2,(H2,23,24,27). The van der Waals surface area contributed by atoms with E-state index in [1.807, 2.05) is 30.3 Å². The lowest BCUT2D eigenvalue weighted by atomic mass is 10.2. The van der Waals surface area contributed by atoms with Crippen molar-refractivity contribution in [2.24, 2.45) is 0 Å². The SMILES string of the molecule is O=C(Nc1cnc(-n2cccn2)nc1OCc1ccccc1)NC1CCCC1. The van der Waals surface area contributed by atoms with Crippen molar-refractivity contribution in [2.75, 3.05) is 5.32 Å². The normalized spacial score (nSPS) is 14.0. The second kappa shape index (κ2) is 8.51. The first-order valence-electron chi connectivity index (χ1n) is 9.39. The molecule has 2 amide bonds. The Balaban J connectivity index is 1.52. The van der Waals surface area contributed by atoms with Crippen molar-refractivity contribution in [2.45, 2.75) is 38.3 Å². The molecule has 4 rings (SSSR count). The predicted molar refractivity (Wildman–Crippen MR) is 104 cm³/mol. The number of anilines is 1. The molecule has 0 saturated heterocycles. The number of rotatable bonds is 6. The quantitative estimate of drug-likeness (QED) is 0.686. The van der Waals surface area contributed by atoms with Gasteiger partial charge in [0.05, 0.1) is 6.20 Å². The van der Waals surface area contributed by atoms with Gasteiger partial charge in [0.15, 0.2) is 0 Å². The Morgan fingerprint density at radius 2 is 2.00 bits per heavy atom. The molecule has 2 aromatic heterocycles. The van der Waals surface area contributed by atoms with Gasteiger partial charge in [-0.2, -0.15) is 10.1 Å². The lowest BCUT2D eigenvalue weighted by Crippen LogP contribution is -2.36. The van der Waals surface area contributed by atoms with Crippen LogP contribution in [0.25, 0.3) is 5.95 Å². The Kier molecular flexibility index (Phi) is 5.46. The van der Waals surface area contributed by atoms with Crippen LogP contribution < -0.4 is 15.4 Å². The zero-order valence-electron chi connectivity index (χ0n) is 15.4. The minimum absolute atomic E-state index is 0.220. The lowest BCUT2D eigenvalue weighted by Gasteiger charge is -2.15. The molecule has 0 aliphatic heterocycles. The first kappa shape index (κ1) is 18.0. The van der Waals surface area contributed by atoms with Crippen LogP contribution in [0.5, 0.6) is 5.88 Å². The molecule has 0 spiro atoms. The van der Waals surface area contributed by atoms with E-state index >= 15 is 0 Å². The average Bonchev–Trinajstić information content (AvgIpc) is 3.42. The molecule has 1 aliphatic rings. The molecule has 0 radical (unpaired) electrons. The molecule has 2 heterocycles. The Hall–Kier alpha value is -3.42. The molecule has 1 saturated carbocycles. The minimum atomic E-state index is -0.271. The molecule has 28 heavy (non-hydrogen) atoms. The largest absolute Gasteiger partial charge is 0.471 e. The van der Waals surface area contributed by atoms with Crippen molar-refractivity contribution in [3.8, 4) is 11.8 Å². The van der Waals surface area contributed by atoms with Crippen LogP contribution in [0.15, 0.2) is 55.0 Å². The molecule has 0 atom stereocenters. The predicted octanol–water partition coefficient (Wildman–Crippen LogP) is 3.31. The Labute approximate surface area is 163 Å². The summed E-state index contributed by atoms with van der Waals surface area (Å²) >= 11 is 0. The van der Waals surface area contributed by atoms with Gasteiger partial charge in [-0.05, 0) is 24.5 Å². The van der Waals surface area contributed by atoms with Crippen LogP contribution >= 0.6 is 0 Å². The van der Waals surface area contributed by atoms with Crippen molar-refractivity contribution < 1.29 is 9.53 Å². The number of hydrogen-bond donors (Lipinski definition) is 2. The average molecular weight is 378 g/mol. The summed E-state index contributed by atoms with van der Waals surface area (Å²) in [6.07, 6.45) is 9.26. The third-order valence-electron chi connectivity index (χ3n) is 4.61. The molecule has 1 aromatic carbocycles. The fourth-order valence-electron chi connectivity index (χ4n) is 3.19. The first-order valence-corrected chi connectivity index (χ1v) is 9.39. The van der Waals surface area contributed by atoms with E-state index in [0.29, 0.717) is 24.1 Å². The number of nitrogens with one attached hydrogen (secondary N) is 2. The van der Waals surface area contributed by atoms with E-state index in [0.717, 1.165) is 31.2 Å². The van der Waals surface area contributed by atoms with Crippen LogP contribution in [-0.4, -0.2) is 31.8 Å². The van der Waals surface area contributed by atoms with E-state index in [9.17, 15) is 4.79 Å². The number of aromatic nitrogens is 4. The number of benzene rings is 1. The van der Waals surface area contributed by atoms with Crippen molar-refractivity contribution in [1.29, 1.82) is 0 Å². The number of ether oxygens (including phenoxy) is 1. The first-order chi connectivity index (χ1) is 13.8. The van der Waals surface area contributed by atoms with Crippen LogP contribution in [0.2, 0.25) is 0 Å². The molecule has 144 valence electrons. The fourth-order valence-corrected chi connectivity index (χ4v) is 3.19. The molecule has 8 nitrogen and oxygen atoms in total. The van der Waals surface area contributed by atoms with Gasteiger partial charge < -0.3 is 15.4 Å².